The monoisotopic (exact) mass is 480 g/mol. The first kappa shape index (κ1) is 22.7. The fraction of sp³-hybridized carbons (Fsp3) is 0.722. The highest BCUT2D eigenvalue weighted by Gasteiger charge is 2.21. The summed E-state index contributed by atoms with van der Waals surface area (Å²) < 4.78 is 5.91. The number of aliphatic imine (C=N–C) groups is 1. The third kappa shape index (κ3) is 8.23. The number of nitrogens with zero attached hydrogens (tertiary/aromatic N) is 3. The number of hydrogen-bond acceptors (Lipinski definition) is 4. The lowest BCUT2D eigenvalue weighted by Crippen LogP contribution is -2.50. The number of ether oxygens (including phenoxy) is 1. The third-order valence-corrected chi connectivity index (χ3v) is 5.12. The standard InChI is InChI=1S/C18H32N4OS.HI/c1-15(2)13-22-9-10-23-16(14-22)12-20-18(19-3)21(4)8-7-17-6-5-11-24-17;/h5-6,11,15-16H,7-10,12-14H2,1-4H3,(H,19,20);1H. The minimum atomic E-state index is 0. The highest BCUT2D eigenvalue weighted by molar-refractivity contribution is 14.0. The van der Waals surface area contributed by atoms with Gasteiger partial charge in [-0.15, -0.1) is 35.3 Å². The van der Waals surface area contributed by atoms with Crippen LogP contribution in [0.25, 0.3) is 0 Å². The van der Waals surface area contributed by atoms with Crippen LogP contribution in [-0.2, 0) is 11.2 Å². The van der Waals surface area contributed by atoms with E-state index in [0.29, 0.717) is 5.92 Å². The molecule has 25 heavy (non-hydrogen) atoms. The molecule has 7 heteroatoms. The molecule has 1 aromatic heterocycles. The van der Waals surface area contributed by atoms with Gasteiger partial charge in [-0.1, -0.05) is 19.9 Å². The van der Waals surface area contributed by atoms with Crippen molar-refractivity contribution in [2.45, 2.75) is 26.4 Å². The maximum absolute atomic E-state index is 5.91. The van der Waals surface area contributed by atoms with Crippen LogP contribution in [0, 0.1) is 5.92 Å². The first-order valence-corrected chi connectivity index (χ1v) is 9.74. The molecular weight excluding hydrogens is 447 g/mol. The van der Waals surface area contributed by atoms with Gasteiger partial charge in [0.05, 0.1) is 12.7 Å². The van der Waals surface area contributed by atoms with E-state index in [2.05, 4.69) is 58.5 Å². The Labute approximate surface area is 173 Å². The van der Waals surface area contributed by atoms with E-state index in [1.807, 2.05) is 18.4 Å². The summed E-state index contributed by atoms with van der Waals surface area (Å²) >= 11 is 1.81. The topological polar surface area (TPSA) is 40.1 Å². The van der Waals surface area contributed by atoms with E-state index < -0.39 is 0 Å². The second kappa shape index (κ2) is 12.1. The van der Waals surface area contributed by atoms with Crippen LogP contribution in [-0.4, -0.2) is 75.3 Å². The molecule has 0 saturated carbocycles. The molecule has 0 amide bonds. The largest absolute Gasteiger partial charge is 0.374 e. The van der Waals surface area contributed by atoms with Gasteiger partial charge in [0.1, 0.15) is 0 Å². The van der Waals surface area contributed by atoms with Gasteiger partial charge in [0.25, 0.3) is 0 Å². The van der Waals surface area contributed by atoms with Crippen molar-refractivity contribution in [3.63, 3.8) is 0 Å². The predicted octanol–water partition coefficient (Wildman–Crippen LogP) is 2.77. The molecule has 1 unspecified atom stereocenters. The number of nitrogens with one attached hydrogen (secondary N) is 1. The molecule has 1 aliphatic heterocycles. The Morgan fingerprint density at radius 1 is 1.52 bits per heavy atom. The van der Waals surface area contributed by atoms with E-state index in [1.54, 1.807) is 0 Å². The summed E-state index contributed by atoms with van der Waals surface area (Å²) in [5.74, 6) is 1.64. The van der Waals surface area contributed by atoms with Crippen LogP contribution in [0.2, 0.25) is 0 Å². The molecule has 0 bridgehead atoms. The number of hydrogen-bond donors (Lipinski definition) is 1. The van der Waals surface area contributed by atoms with E-state index in [1.165, 1.54) is 4.88 Å². The lowest BCUT2D eigenvalue weighted by atomic mass is 10.2. The Bertz CT molecular complexity index is 495. The van der Waals surface area contributed by atoms with Crippen molar-refractivity contribution in [1.29, 1.82) is 0 Å². The van der Waals surface area contributed by atoms with Crippen molar-refractivity contribution in [3.05, 3.63) is 22.4 Å². The zero-order valence-electron chi connectivity index (χ0n) is 15.9. The van der Waals surface area contributed by atoms with Crippen molar-refractivity contribution >= 4 is 41.3 Å². The Morgan fingerprint density at radius 3 is 2.96 bits per heavy atom. The van der Waals surface area contributed by atoms with Crippen LogP contribution in [0.4, 0.5) is 0 Å². The minimum absolute atomic E-state index is 0. The predicted molar refractivity (Wildman–Crippen MR) is 118 cm³/mol. The Hall–Kier alpha value is -0.380. The van der Waals surface area contributed by atoms with Crippen LogP contribution in [0.15, 0.2) is 22.5 Å². The molecule has 5 nitrogen and oxygen atoms in total. The van der Waals surface area contributed by atoms with Crippen molar-refractivity contribution < 1.29 is 4.74 Å². The average Bonchev–Trinajstić information content (AvgIpc) is 3.06. The molecule has 0 radical (unpaired) electrons. The number of guanidine groups is 1. The maximum atomic E-state index is 5.91. The van der Waals surface area contributed by atoms with Crippen LogP contribution >= 0.6 is 35.3 Å². The molecule has 1 N–H and O–H groups in total. The smallest absolute Gasteiger partial charge is 0.193 e. The van der Waals surface area contributed by atoms with E-state index in [4.69, 9.17) is 4.74 Å². The van der Waals surface area contributed by atoms with Gasteiger partial charge in [0.15, 0.2) is 5.96 Å². The first-order chi connectivity index (χ1) is 11.6. The Balaban J connectivity index is 0.00000312. The highest BCUT2D eigenvalue weighted by atomic mass is 127. The quantitative estimate of drug-likeness (QED) is 0.370. The summed E-state index contributed by atoms with van der Waals surface area (Å²) in [5, 5.41) is 5.60. The van der Waals surface area contributed by atoms with Crippen LogP contribution in [0.1, 0.15) is 18.7 Å². The molecule has 1 aromatic rings. The van der Waals surface area contributed by atoms with Crippen LogP contribution in [0.5, 0.6) is 0 Å². The summed E-state index contributed by atoms with van der Waals surface area (Å²) in [5.41, 5.74) is 0. The number of halogens is 1. The number of rotatable bonds is 7. The molecule has 0 spiro atoms. The summed E-state index contributed by atoms with van der Waals surface area (Å²) in [6.45, 7) is 10.3. The zero-order valence-corrected chi connectivity index (χ0v) is 19.0. The minimum Gasteiger partial charge on any atom is -0.374 e. The number of morpholine rings is 1. The summed E-state index contributed by atoms with van der Waals surface area (Å²) in [7, 11) is 3.94. The Kier molecular flexibility index (Phi) is 11.0. The normalized spacial score (nSPS) is 18.9. The van der Waals surface area contributed by atoms with Gasteiger partial charge >= 0.3 is 0 Å². The SMILES string of the molecule is CN=C(NCC1CN(CC(C)C)CCO1)N(C)CCc1cccs1.I. The highest BCUT2D eigenvalue weighted by Crippen LogP contribution is 2.10. The Morgan fingerprint density at radius 2 is 2.32 bits per heavy atom. The van der Waals surface area contributed by atoms with Crippen LogP contribution in [0.3, 0.4) is 0 Å². The van der Waals surface area contributed by atoms with Gasteiger partial charge in [-0.3, -0.25) is 9.89 Å². The molecule has 0 aliphatic carbocycles. The van der Waals surface area contributed by atoms with Crippen LogP contribution < -0.4 is 5.32 Å². The molecule has 1 fully saturated rings. The van der Waals surface area contributed by atoms with Crippen molar-refractivity contribution in [2.24, 2.45) is 10.9 Å². The van der Waals surface area contributed by atoms with E-state index >= 15 is 0 Å². The summed E-state index contributed by atoms with van der Waals surface area (Å²) in [6, 6.07) is 4.30. The third-order valence-electron chi connectivity index (χ3n) is 4.18. The molecule has 2 rings (SSSR count). The lowest BCUT2D eigenvalue weighted by molar-refractivity contribution is -0.0286. The molecule has 0 aromatic carbocycles. The second-order valence-corrected chi connectivity index (χ2v) is 7.86. The van der Waals surface area contributed by atoms with E-state index in [-0.39, 0.29) is 30.1 Å². The molecule has 144 valence electrons. The van der Waals surface area contributed by atoms with Crippen molar-refractivity contribution in [3.8, 4) is 0 Å². The molecule has 1 atom stereocenters. The van der Waals surface area contributed by atoms with Gasteiger partial charge in [0.2, 0.25) is 0 Å². The fourth-order valence-corrected chi connectivity index (χ4v) is 3.71. The van der Waals surface area contributed by atoms with Gasteiger partial charge in [0, 0.05) is 51.7 Å². The summed E-state index contributed by atoms with van der Waals surface area (Å²) in [6.07, 6.45) is 1.29. The van der Waals surface area contributed by atoms with Gasteiger partial charge in [-0.2, -0.15) is 0 Å². The second-order valence-electron chi connectivity index (χ2n) is 6.83. The number of thiophene rings is 1. The van der Waals surface area contributed by atoms with Crippen molar-refractivity contribution in [1.82, 2.24) is 15.1 Å². The number of likely N-dealkylation sites (N-methyl/N-ethyl adjacent to an activating group) is 1. The van der Waals surface area contributed by atoms with Gasteiger partial charge < -0.3 is 15.0 Å². The van der Waals surface area contributed by atoms with Gasteiger partial charge in [-0.25, -0.2) is 0 Å². The fourth-order valence-electron chi connectivity index (χ4n) is 3.01. The molecule has 1 saturated heterocycles. The average molecular weight is 480 g/mol. The maximum Gasteiger partial charge on any atom is 0.193 e. The van der Waals surface area contributed by atoms with E-state index in [0.717, 1.165) is 51.7 Å². The summed E-state index contributed by atoms with van der Waals surface area (Å²) in [4.78, 5) is 10.5. The zero-order chi connectivity index (χ0) is 17.4. The first-order valence-electron chi connectivity index (χ1n) is 8.86. The van der Waals surface area contributed by atoms with E-state index in [9.17, 15) is 0 Å². The lowest BCUT2D eigenvalue weighted by Gasteiger charge is -2.34. The van der Waals surface area contributed by atoms with Crippen molar-refractivity contribution in [2.75, 3.05) is 53.4 Å². The molecule has 1 aliphatic rings. The molecular formula is C18H33IN4OS. The molecule has 2 heterocycles. The van der Waals surface area contributed by atoms with Gasteiger partial charge in [-0.05, 0) is 23.8 Å².